The molecule has 0 saturated heterocycles. The number of alkyl halides is 1. The number of rotatable bonds is 1. The van der Waals surface area contributed by atoms with E-state index >= 15 is 0 Å². The molecule has 1 fully saturated rings. The Kier molecular flexibility index (Phi) is 1.33. The first-order chi connectivity index (χ1) is 3.46. The Bertz CT molecular complexity index is 191. The van der Waals surface area contributed by atoms with E-state index in [9.17, 15) is 8.42 Å². The summed E-state index contributed by atoms with van der Waals surface area (Å²) in [6.45, 7) is 0. The summed E-state index contributed by atoms with van der Waals surface area (Å²) in [7, 11) is -3.74. The van der Waals surface area contributed by atoms with Crippen LogP contribution in [0.3, 0.4) is 0 Å². The van der Waals surface area contributed by atoms with Crippen molar-refractivity contribution >= 4 is 32.7 Å². The van der Waals surface area contributed by atoms with Crippen molar-refractivity contribution < 1.29 is 13.0 Å². The van der Waals surface area contributed by atoms with E-state index in [1.165, 1.54) is 0 Å². The molecule has 0 aromatic heterocycles. The van der Waals surface area contributed by atoms with Gasteiger partial charge in [0.05, 0.1) is 0 Å². The van der Waals surface area contributed by atoms with Gasteiger partial charge in [0.25, 0.3) is 10.1 Å². The Morgan fingerprint density at radius 1 is 1.50 bits per heavy atom. The van der Waals surface area contributed by atoms with Gasteiger partial charge in [-0.3, -0.25) is 4.55 Å². The summed E-state index contributed by atoms with van der Waals surface area (Å²) in [5.74, 6) is 0. The largest absolute Gasteiger partial charge is 0.285 e. The molecule has 48 valence electrons. The van der Waals surface area contributed by atoms with Crippen molar-refractivity contribution in [3.8, 4) is 0 Å². The van der Waals surface area contributed by atoms with Crippen LogP contribution < -0.4 is 0 Å². The summed E-state index contributed by atoms with van der Waals surface area (Å²) in [5.41, 5.74) is 0. The van der Waals surface area contributed by atoms with E-state index in [1.54, 1.807) is 22.6 Å². The molecule has 1 rings (SSSR count). The summed E-state index contributed by atoms with van der Waals surface area (Å²) in [6.07, 6.45) is 1.18. The smallest absolute Gasteiger partial charge is 0.280 e. The first kappa shape index (κ1) is 6.76. The SMILES string of the molecule is O=S(=O)(O)C1(I)CC1. The molecule has 0 aliphatic heterocycles. The molecule has 1 aliphatic carbocycles. The third-order valence-corrected chi connectivity index (χ3v) is 5.19. The van der Waals surface area contributed by atoms with Gasteiger partial charge in [-0.15, -0.1) is 0 Å². The first-order valence-corrected chi connectivity index (χ1v) is 4.63. The summed E-state index contributed by atoms with van der Waals surface area (Å²) >= 11 is 1.76. The van der Waals surface area contributed by atoms with Crippen LogP contribution in [-0.2, 0) is 10.1 Å². The van der Waals surface area contributed by atoms with E-state index in [4.69, 9.17) is 4.55 Å². The summed E-state index contributed by atoms with van der Waals surface area (Å²) in [4.78, 5) is 0. The van der Waals surface area contributed by atoms with Crippen molar-refractivity contribution in [3.63, 3.8) is 0 Å². The van der Waals surface area contributed by atoms with Gasteiger partial charge in [-0.1, -0.05) is 22.6 Å². The third kappa shape index (κ3) is 0.985. The van der Waals surface area contributed by atoms with Crippen molar-refractivity contribution in [2.45, 2.75) is 15.6 Å². The zero-order valence-corrected chi connectivity index (χ0v) is 6.94. The monoisotopic (exact) mass is 248 g/mol. The van der Waals surface area contributed by atoms with Crippen molar-refractivity contribution in [1.29, 1.82) is 0 Å². The van der Waals surface area contributed by atoms with Gasteiger partial charge in [-0.2, -0.15) is 8.42 Å². The van der Waals surface area contributed by atoms with Crippen molar-refractivity contribution in [2.75, 3.05) is 0 Å². The fourth-order valence-corrected chi connectivity index (χ4v) is 1.24. The Hall–Kier alpha value is 0.640. The predicted molar refractivity (Wildman–Crippen MR) is 37.5 cm³/mol. The van der Waals surface area contributed by atoms with Gasteiger partial charge in [-0.25, -0.2) is 0 Å². The highest BCUT2D eigenvalue weighted by atomic mass is 127. The molecule has 0 atom stereocenters. The van der Waals surface area contributed by atoms with Crippen LogP contribution in [0.5, 0.6) is 0 Å². The average molecular weight is 248 g/mol. The van der Waals surface area contributed by atoms with Crippen molar-refractivity contribution in [1.82, 2.24) is 0 Å². The zero-order chi connectivity index (χ0) is 6.41. The highest BCUT2D eigenvalue weighted by molar-refractivity contribution is 14.1. The van der Waals surface area contributed by atoms with E-state index in [-0.39, 0.29) is 0 Å². The minimum atomic E-state index is -3.74. The summed E-state index contributed by atoms with van der Waals surface area (Å²) < 4.78 is 28.1. The van der Waals surface area contributed by atoms with Crippen LogP contribution in [0.25, 0.3) is 0 Å². The van der Waals surface area contributed by atoms with E-state index in [0.29, 0.717) is 12.8 Å². The van der Waals surface area contributed by atoms with E-state index < -0.39 is 12.9 Å². The molecule has 3 nitrogen and oxygen atoms in total. The number of halogens is 1. The number of hydrogen-bond donors (Lipinski definition) is 1. The topological polar surface area (TPSA) is 54.4 Å². The van der Waals surface area contributed by atoms with Gasteiger partial charge < -0.3 is 0 Å². The van der Waals surface area contributed by atoms with E-state index in [0.717, 1.165) is 0 Å². The van der Waals surface area contributed by atoms with E-state index in [1.807, 2.05) is 0 Å². The zero-order valence-electron chi connectivity index (χ0n) is 3.96. The van der Waals surface area contributed by atoms with Gasteiger partial charge in [0.1, 0.15) is 2.75 Å². The molecule has 0 heterocycles. The third-order valence-electron chi connectivity index (χ3n) is 1.11. The number of hydrogen-bond acceptors (Lipinski definition) is 2. The van der Waals surface area contributed by atoms with Crippen molar-refractivity contribution in [2.24, 2.45) is 0 Å². The lowest BCUT2D eigenvalue weighted by molar-refractivity contribution is 0.480. The summed E-state index contributed by atoms with van der Waals surface area (Å²) in [6, 6.07) is 0. The predicted octanol–water partition coefficient (Wildman–Crippen LogP) is 0.799. The molecule has 0 radical (unpaired) electrons. The molecule has 0 aromatic rings. The lowest BCUT2D eigenvalue weighted by Crippen LogP contribution is -2.13. The van der Waals surface area contributed by atoms with Crippen LogP contribution >= 0.6 is 22.6 Å². The normalized spacial score (nSPS) is 25.2. The highest BCUT2D eigenvalue weighted by Gasteiger charge is 2.51. The van der Waals surface area contributed by atoms with Crippen LogP contribution in [0.1, 0.15) is 12.8 Å². The highest BCUT2D eigenvalue weighted by Crippen LogP contribution is 2.48. The average Bonchev–Trinajstić information content (AvgIpc) is 2.16. The molecule has 8 heavy (non-hydrogen) atoms. The molecule has 0 aromatic carbocycles. The van der Waals surface area contributed by atoms with Crippen LogP contribution in [0.2, 0.25) is 0 Å². The minimum absolute atomic E-state index is 0.590. The van der Waals surface area contributed by atoms with Gasteiger partial charge in [-0.05, 0) is 12.8 Å². The second kappa shape index (κ2) is 1.57. The van der Waals surface area contributed by atoms with Crippen LogP contribution in [0, 0.1) is 0 Å². The van der Waals surface area contributed by atoms with Crippen LogP contribution in [0.4, 0.5) is 0 Å². The molecule has 5 heteroatoms. The molecular formula is C3H5IO3S. The minimum Gasteiger partial charge on any atom is -0.285 e. The lowest BCUT2D eigenvalue weighted by atomic mass is 11.0. The molecule has 0 bridgehead atoms. The summed E-state index contributed by atoms with van der Waals surface area (Å²) in [5, 5.41) is 0. The lowest BCUT2D eigenvalue weighted by Gasteiger charge is -1.97. The molecule has 0 amide bonds. The van der Waals surface area contributed by atoms with Crippen molar-refractivity contribution in [3.05, 3.63) is 0 Å². The van der Waals surface area contributed by atoms with Gasteiger partial charge >= 0.3 is 0 Å². The van der Waals surface area contributed by atoms with E-state index in [2.05, 4.69) is 0 Å². The van der Waals surface area contributed by atoms with Gasteiger partial charge in [0, 0.05) is 0 Å². The van der Waals surface area contributed by atoms with Gasteiger partial charge in [0.2, 0.25) is 0 Å². The fourth-order valence-electron chi connectivity index (χ4n) is 0.356. The molecule has 1 saturated carbocycles. The molecular weight excluding hydrogens is 243 g/mol. The van der Waals surface area contributed by atoms with Crippen LogP contribution in [-0.4, -0.2) is 15.7 Å². The maximum atomic E-state index is 10.3. The Morgan fingerprint density at radius 3 is 1.88 bits per heavy atom. The molecule has 1 N–H and O–H groups in total. The fraction of sp³-hybridized carbons (Fsp3) is 1.00. The molecule has 0 spiro atoms. The Balaban J connectivity index is 2.90. The molecule has 1 aliphatic rings. The maximum absolute atomic E-state index is 10.3. The standard InChI is InChI=1S/C3H5IO3S/c4-3(1-2-3)8(5,6)7/h1-2H2,(H,5,6,7). The quantitative estimate of drug-likeness (QED) is 0.424. The Labute approximate surface area is 61.4 Å². The van der Waals surface area contributed by atoms with Gasteiger partial charge in [0.15, 0.2) is 0 Å². The molecule has 0 unspecified atom stereocenters. The first-order valence-electron chi connectivity index (χ1n) is 2.12. The van der Waals surface area contributed by atoms with Crippen LogP contribution in [0.15, 0.2) is 0 Å². The maximum Gasteiger partial charge on any atom is 0.280 e. The Morgan fingerprint density at radius 2 is 1.88 bits per heavy atom. The second-order valence-corrected chi connectivity index (χ2v) is 6.39. The second-order valence-electron chi connectivity index (χ2n) is 1.86.